The first-order valence-electron chi connectivity index (χ1n) is 10.5. The fourth-order valence-electron chi connectivity index (χ4n) is 3.44. The number of nitrogens with two attached hydrogens (primary N) is 1. The van der Waals surface area contributed by atoms with Crippen LogP contribution in [0.3, 0.4) is 0 Å². The number of ether oxygens (including phenoxy) is 2. The molecule has 2 N–H and O–H groups in total. The maximum atomic E-state index is 13.0. The lowest BCUT2D eigenvalue weighted by Gasteiger charge is -2.11. The molecule has 0 radical (unpaired) electrons. The van der Waals surface area contributed by atoms with Crippen molar-refractivity contribution < 1.29 is 19.1 Å². The minimum atomic E-state index is -0.563. The molecule has 1 atom stereocenters. The van der Waals surface area contributed by atoms with Crippen LogP contribution in [0.5, 0.6) is 0 Å². The summed E-state index contributed by atoms with van der Waals surface area (Å²) in [7, 11) is 0. The number of esters is 2. The van der Waals surface area contributed by atoms with E-state index in [0.29, 0.717) is 39.9 Å². The largest absolute Gasteiger partial charge is 0.462 e. The summed E-state index contributed by atoms with van der Waals surface area (Å²) in [5, 5.41) is 0. The lowest BCUT2D eigenvalue weighted by molar-refractivity contribution is 0.0337. The van der Waals surface area contributed by atoms with E-state index in [9.17, 15) is 9.59 Å². The second kappa shape index (κ2) is 8.66. The normalized spacial score (nSPS) is 12.1. The van der Waals surface area contributed by atoms with Gasteiger partial charge in [-0.1, -0.05) is 25.1 Å². The molecule has 2 aromatic carbocycles. The Morgan fingerprint density at radius 1 is 1.03 bits per heavy atom. The van der Waals surface area contributed by atoms with Gasteiger partial charge in [-0.25, -0.2) is 19.6 Å². The molecule has 4 aromatic rings. The molecule has 4 rings (SSSR count). The van der Waals surface area contributed by atoms with E-state index < -0.39 is 11.9 Å². The van der Waals surface area contributed by atoms with Gasteiger partial charge in [-0.3, -0.25) is 4.57 Å². The Bertz CT molecular complexity index is 1330. The molecule has 8 nitrogen and oxygen atoms in total. The molecule has 0 spiro atoms. The van der Waals surface area contributed by atoms with E-state index in [0.717, 1.165) is 0 Å². The minimum absolute atomic E-state index is 0.143. The molecule has 2 aromatic heterocycles. The monoisotopic (exact) mass is 432 g/mol. The molecule has 0 aliphatic carbocycles. The van der Waals surface area contributed by atoms with Gasteiger partial charge in [0.1, 0.15) is 16.9 Å². The van der Waals surface area contributed by atoms with Gasteiger partial charge in [0, 0.05) is 5.69 Å². The number of benzene rings is 2. The molecule has 32 heavy (non-hydrogen) atoms. The van der Waals surface area contributed by atoms with Crippen LogP contribution in [0.4, 0.5) is 5.82 Å². The predicted molar refractivity (Wildman–Crippen MR) is 122 cm³/mol. The summed E-state index contributed by atoms with van der Waals surface area (Å²) in [6, 6.07) is 14.2. The summed E-state index contributed by atoms with van der Waals surface area (Å²) in [6.07, 6.45) is 0.390. The van der Waals surface area contributed by atoms with E-state index in [1.165, 1.54) is 0 Å². The fraction of sp³-hybridized carbons (Fsp3) is 0.250. The average Bonchev–Trinajstić information content (AvgIpc) is 3.08. The number of fused-ring (bicyclic) bond motifs is 2. The second-order valence-corrected chi connectivity index (χ2v) is 7.38. The second-order valence-electron chi connectivity index (χ2n) is 7.38. The van der Waals surface area contributed by atoms with Crippen molar-refractivity contribution in [2.45, 2.75) is 33.3 Å². The highest BCUT2D eigenvalue weighted by Gasteiger charge is 2.27. The highest BCUT2D eigenvalue weighted by molar-refractivity contribution is 6.09. The van der Waals surface area contributed by atoms with Crippen LogP contribution in [0.2, 0.25) is 0 Å². The van der Waals surface area contributed by atoms with E-state index in [1.807, 2.05) is 38.1 Å². The Morgan fingerprint density at radius 3 is 2.44 bits per heavy atom. The molecule has 0 saturated carbocycles. The Morgan fingerprint density at radius 2 is 1.75 bits per heavy atom. The van der Waals surface area contributed by atoms with Crippen LogP contribution in [0, 0.1) is 0 Å². The third-order valence-electron chi connectivity index (χ3n) is 5.20. The zero-order valence-corrected chi connectivity index (χ0v) is 18.2. The third kappa shape index (κ3) is 3.75. The van der Waals surface area contributed by atoms with Gasteiger partial charge in [-0.15, -0.1) is 0 Å². The molecule has 0 fully saturated rings. The summed E-state index contributed by atoms with van der Waals surface area (Å²) in [5.41, 5.74) is 9.59. The van der Waals surface area contributed by atoms with Crippen molar-refractivity contribution in [2.75, 3.05) is 12.3 Å². The van der Waals surface area contributed by atoms with E-state index in [1.54, 1.807) is 35.8 Å². The van der Waals surface area contributed by atoms with Gasteiger partial charge >= 0.3 is 11.9 Å². The van der Waals surface area contributed by atoms with Crippen LogP contribution in [0.15, 0.2) is 48.5 Å². The minimum Gasteiger partial charge on any atom is -0.462 e. The zero-order valence-electron chi connectivity index (χ0n) is 18.2. The maximum absolute atomic E-state index is 13.0. The average molecular weight is 432 g/mol. The van der Waals surface area contributed by atoms with Crippen molar-refractivity contribution in [2.24, 2.45) is 0 Å². The molecule has 0 unspecified atom stereocenters. The Labute approximate surface area is 185 Å². The number of nitrogens with zero attached hydrogens (tertiary/aromatic N) is 3. The van der Waals surface area contributed by atoms with E-state index >= 15 is 0 Å². The van der Waals surface area contributed by atoms with Crippen molar-refractivity contribution >= 4 is 40.0 Å². The van der Waals surface area contributed by atoms with Gasteiger partial charge in [0.15, 0.2) is 5.65 Å². The number of hydrogen-bond donors (Lipinski definition) is 1. The number of carbonyl (C=O) groups is 2. The number of aromatic nitrogens is 3. The summed E-state index contributed by atoms with van der Waals surface area (Å²) >= 11 is 0. The van der Waals surface area contributed by atoms with E-state index in [2.05, 4.69) is 4.98 Å². The van der Waals surface area contributed by atoms with Gasteiger partial charge in [-0.2, -0.15) is 0 Å². The molecule has 2 heterocycles. The van der Waals surface area contributed by atoms with Crippen molar-refractivity contribution in [1.29, 1.82) is 0 Å². The van der Waals surface area contributed by atoms with Gasteiger partial charge in [0.2, 0.25) is 0 Å². The molecule has 8 heteroatoms. The van der Waals surface area contributed by atoms with Crippen molar-refractivity contribution in [3.8, 4) is 5.69 Å². The smallest absolute Gasteiger partial charge is 0.344 e. The van der Waals surface area contributed by atoms with Crippen molar-refractivity contribution in [3.05, 3.63) is 59.7 Å². The summed E-state index contributed by atoms with van der Waals surface area (Å²) in [4.78, 5) is 34.7. The molecule has 164 valence electrons. The summed E-state index contributed by atoms with van der Waals surface area (Å²) in [5.74, 6) is -0.867. The SMILES string of the molecule is CCOC(=O)c1cccc(-n2c(N)c(C(=O)O[C@@H](C)CC)c3nc4ccccc4nc32)c1. The number of nitrogen functional groups attached to an aromatic ring is 1. The van der Waals surface area contributed by atoms with Gasteiger partial charge in [-0.05, 0) is 50.6 Å². The molecular weight excluding hydrogens is 408 g/mol. The number of anilines is 1. The van der Waals surface area contributed by atoms with Crippen LogP contribution < -0.4 is 5.73 Å². The van der Waals surface area contributed by atoms with Crippen molar-refractivity contribution in [3.63, 3.8) is 0 Å². The van der Waals surface area contributed by atoms with E-state index in [4.69, 9.17) is 20.2 Å². The summed E-state index contributed by atoms with van der Waals surface area (Å²) in [6.45, 7) is 5.76. The number of para-hydroxylation sites is 2. The first-order chi connectivity index (χ1) is 15.4. The standard InChI is InChI=1S/C24H24N4O4/c1-4-14(3)32-24(30)19-20-22(27-18-12-7-6-11-17(18)26-20)28(21(19)25)16-10-8-9-15(13-16)23(29)31-5-2/h6-14H,4-5,25H2,1-3H3/t14-/m0/s1. The van der Waals surface area contributed by atoms with Crippen LogP contribution in [-0.4, -0.2) is 39.2 Å². The topological polar surface area (TPSA) is 109 Å². The molecule has 0 saturated heterocycles. The van der Waals surface area contributed by atoms with Gasteiger partial charge in [0.05, 0.1) is 29.3 Å². The highest BCUT2D eigenvalue weighted by atomic mass is 16.5. The van der Waals surface area contributed by atoms with Gasteiger partial charge < -0.3 is 15.2 Å². The molecule has 0 aliphatic rings. The highest BCUT2D eigenvalue weighted by Crippen LogP contribution is 2.32. The van der Waals surface area contributed by atoms with Crippen LogP contribution in [-0.2, 0) is 9.47 Å². The Balaban J connectivity index is 1.97. The zero-order chi connectivity index (χ0) is 22.8. The molecule has 0 aliphatic heterocycles. The predicted octanol–water partition coefficient (Wildman–Crippen LogP) is 4.29. The fourth-order valence-corrected chi connectivity index (χ4v) is 3.44. The molecule has 0 amide bonds. The summed E-state index contributed by atoms with van der Waals surface area (Å²) < 4.78 is 12.3. The first kappa shape index (κ1) is 21.3. The Kier molecular flexibility index (Phi) is 5.77. The van der Waals surface area contributed by atoms with E-state index in [-0.39, 0.29) is 24.1 Å². The van der Waals surface area contributed by atoms with Crippen LogP contribution in [0.25, 0.3) is 27.9 Å². The number of carbonyl (C=O) groups excluding carboxylic acids is 2. The first-order valence-corrected chi connectivity index (χ1v) is 10.5. The number of rotatable bonds is 6. The Hall–Kier alpha value is -3.94. The van der Waals surface area contributed by atoms with Crippen LogP contribution >= 0.6 is 0 Å². The quantitative estimate of drug-likeness (QED) is 0.453. The number of hydrogen-bond acceptors (Lipinski definition) is 7. The van der Waals surface area contributed by atoms with Crippen LogP contribution in [0.1, 0.15) is 47.9 Å². The van der Waals surface area contributed by atoms with Gasteiger partial charge in [0.25, 0.3) is 0 Å². The maximum Gasteiger partial charge on any atom is 0.344 e. The lowest BCUT2D eigenvalue weighted by Crippen LogP contribution is -2.15. The third-order valence-corrected chi connectivity index (χ3v) is 5.20. The molecule has 0 bridgehead atoms. The lowest BCUT2D eigenvalue weighted by atomic mass is 10.2. The molecular formula is C24H24N4O4. The van der Waals surface area contributed by atoms with Crippen molar-refractivity contribution in [1.82, 2.24) is 14.5 Å².